The molecular formula is C12H14FNO2. The van der Waals surface area contributed by atoms with Crippen LogP contribution in [0.1, 0.15) is 12.5 Å². The summed E-state index contributed by atoms with van der Waals surface area (Å²) in [5.74, 6) is -1.22. The Morgan fingerprint density at radius 2 is 2.25 bits per heavy atom. The number of carbonyl (C=O) groups is 1. The minimum Gasteiger partial charge on any atom is -0.478 e. The van der Waals surface area contributed by atoms with Gasteiger partial charge in [-0.25, -0.2) is 9.18 Å². The summed E-state index contributed by atoms with van der Waals surface area (Å²) in [5.41, 5.74) is 1.47. The maximum Gasteiger partial charge on any atom is 0.331 e. The molecule has 0 fully saturated rings. The van der Waals surface area contributed by atoms with Crippen molar-refractivity contribution >= 4 is 11.7 Å². The third-order valence-corrected chi connectivity index (χ3v) is 2.31. The zero-order valence-corrected chi connectivity index (χ0v) is 9.25. The number of nitrogens with one attached hydrogen (secondary N) is 1. The molecule has 1 rings (SSSR count). The van der Waals surface area contributed by atoms with Crippen LogP contribution in [0.4, 0.5) is 10.1 Å². The van der Waals surface area contributed by atoms with Crippen molar-refractivity contribution in [1.82, 2.24) is 0 Å². The van der Waals surface area contributed by atoms with Crippen LogP contribution in [0.5, 0.6) is 0 Å². The number of hydrogen-bond acceptors (Lipinski definition) is 2. The predicted octanol–water partition coefficient (Wildman–Crippen LogP) is 2.58. The van der Waals surface area contributed by atoms with Gasteiger partial charge in [-0.05, 0) is 26.0 Å². The standard InChI is InChI=1S/C12H14FNO2/c1-8(12(15)16)6-7-14-11-5-3-4-10(13)9(11)2/h3-6,14H,7H2,1-2H3,(H,15,16)/b8-6-. The first-order valence-corrected chi connectivity index (χ1v) is 4.91. The van der Waals surface area contributed by atoms with Gasteiger partial charge in [0.15, 0.2) is 0 Å². The van der Waals surface area contributed by atoms with E-state index in [1.54, 1.807) is 25.1 Å². The number of halogens is 1. The molecule has 2 N–H and O–H groups in total. The lowest BCUT2D eigenvalue weighted by molar-refractivity contribution is -0.132. The van der Waals surface area contributed by atoms with Crippen molar-refractivity contribution in [3.63, 3.8) is 0 Å². The Morgan fingerprint density at radius 1 is 1.56 bits per heavy atom. The second-order valence-electron chi connectivity index (χ2n) is 3.49. The number of carboxylic acids is 1. The molecule has 0 bridgehead atoms. The van der Waals surface area contributed by atoms with Crippen LogP contribution in [0.3, 0.4) is 0 Å². The molecule has 0 aliphatic heterocycles. The molecule has 0 aliphatic carbocycles. The number of hydrogen-bond donors (Lipinski definition) is 2. The van der Waals surface area contributed by atoms with Crippen molar-refractivity contribution in [2.45, 2.75) is 13.8 Å². The molecule has 0 amide bonds. The van der Waals surface area contributed by atoms with Crippen molar-refractivity contribution in [2.24, 2.45) is 0 Å². The zero-order valence-electron chi connectivity index (χ0n) is 9.25. The van der Waals surface area contributed by atoms with E-state index in [9.17, 15) is 9.18 Å². The van der Waals surface area contributed by atoms with E-state index in [0.717, 1.165) is 0 Å². The summed E-state index contributed by atoms with van der Waals surface area (Å²) in [6.07, 6.45) is 1.55. The fourth-order valence-corrected chi connectivity index (χ4v) is 1.20. The summed E-state index contributed by atoms with van der Waals surface area (Å²) in [6.45, 7) is 3.55. The quantitative estimate of drug-likeness (QED) is 0.771. The lowest BCUT2D eigenvalue weighted by Gasteiger charge is -2.07. The van der Waals surface area contributed by atoms with E-state index in [0.29, 0.717) is 17.8 Å². The highest BCUT2D eigenvalue weighted by Crippen LogP contribution is 2.16. The average Bonchev–Trinajstić information content (AvgIpc) is 2.24. The topological polar surface area (TPSA) is 49.3 Å². The highest BCUT2D eigenvalue weighted by Gasteiger charge is 2.02. The Hall–Kier alpha value is -1.84. The molecule has 16 heavy (non-hydrogen) atoms. The van der Waals surface area contributed by atoms with Gasteiger partial charge in [-0.3, -0.25) is 0 Å². The maximum atomic E-state index is 13.1. The average molecular weight is 223 g/mol. The van der Waals surface area contributed by atoms with Gasteiger partial charge in [0.05, 0.1) is 0 Å². The fourth-order valence-electron chi connectivity index (χ4n) is 1.20. The van der Waals surface area contributed by atoms with Gasteiger partial charge in [0.2, 0.25) is 0 Å². The molecule has 4 heteroatoms. The SMILES string of the molecule is C/C(=C/CNc1cccc(F)c1C)C(=O)O. The Kier molecular flexibility index (Phi) is 4.05. The number of benzene rings is 1. The van der Waals surface area contributed by atoms with Gasteiger partial charge in [0.1, 0.15) is 5.82 Å². The molecule has 86 valence electrons. The second kappa shape index (κ2) is 5.30. The highest BCUT2D eigenvalue weighted by atomic mass is 19.1. The Bertz CT molecular complexity index is 427. The van der Waals surface area contributed by atoms with E-state index in [1.165, 1.54) is 13.0 Å². The van der Waals surface area contributed by atoms with Crippen LogP contribution in [0.15, 0.2) is 29.8 Å². The first-order valence-electron chi connectivity index (χ1n) is 4.91. The first-order chi connectivity index (χ1) is 7.52. The Labute approximate surface area is 93.6 Å². The van der Waals surface area contributed by atoms with Gasteiger partial charge in [-0.15, -0.1) is 0 Å². The summed E-state index contributed by atoms with van der Waals surface area (Å²) < 4.78 is 13.1. The molecule has 3 nitrogen and oxygen atoms in total. The van der Waals surface area contributed by atoms with Crippen LogP contribution in [0, 0.1) is 12.7 Å². The second-order valence-corrected chi connectivity index (χ2v) is 3.49. The van der Waals surface area contributed by atoms with Crippen LogP contribution >= 0.6 is 0 Å². The van der Waals surface area contributed by atoms with Crippen molar-refractivity contribution in [1.29, 1.82) is 0 Å². The first kappa shape index (κ1) is 12.2. The molecule has 1 aromatic carbocycles. The molecule has 0 spiro atoms. The fraction of sp³-hybridized carbons (Fsp3) is 0.250. The molecule has 0 radical (unpaired) electrons. The molecule has 0 aliphatic rings. The molecule has 0 saturated heterocycles. The van der Waals surface area contributed by atoms with E-state index in [-0.39, 0.29) is 11.4 Å². The summed E-state index contributed by atoms with van der Waals surface area (Å²) in [5, 5.41) is 11.6. The van der Waals surface area contributed by atoms with Crippen LogP contribution in [-0.4, -0.2) is 17.6 Å². The molecule has 0 heterocycles. The van der Waals surface area contributed by atoms with Gasteiger partial charge in [0.25, 0.3) is 0 Å². The normalized spacial score (nSPS) is 11.3. The third kappa shape index (κ3) is 3.08. The van der Waals surface area contributed by atoms with Gasteiger partial charge in [0, 0.05) is 23.4 Å². The highest BCUT2D eigenvalue weighted by molar-refractivity contribution is 5.85. The van der Waals surface area contributed by atoms with E-state index in [2.05, 4.69) is 5.32 Å². The number of rotatable bonds is 4. The summed E-state index contributed by atoms with van der Waals surface area (Å²) >= 11 is 0. The molecular weight excluding hydrogens is 209 g/mol. The maximum absolute atomic E-state index is 13.1. The summed E-state index contributed by atoms with van der Waals surface area (Å²) in [6, 6.07) is 4.75. The molecule has 0 unspecified atom stereocenters. The minimum absolute atomic E-state index is 0.265. The van der Waals surface area contributed by atoms with Crippen LogP contribution in [0.2, 0.25) is 0 Å². The number of anilines is 1. The molecule has 0 atom stereocenters. The van der Waals surface area contributed by atoms with Crippen molar-refractivity contribution in [2.75, 3.05) is 11.9 Å². The monoisotopic (exact) mass is 223 g/mol. The van der Waals surface area contributed by atoms with E-state index < -0.39 is 5.97 Å². The largest absolute Gasteiger partial charge is 0.478 e. The van der Waals surface area contributed by atoms with Gasteiger partial charge < -0.3 is 10.4 Å². The van der Waals surface area contributed by atoms with E-state index in [4.69, 9.17) is 5.11 Å². The van der Waals surface area contributed by atoms with Gasteiger partial charge in [-0.1, -0.05) is 12.1 Å². The zero-order chi connectivity index (χ0) is 12.1. The number of carboxylic acid groups (broad SMARTS) is 1. The van der Waals surface area contributed by atoms with Crippen LogP contribution < -0.4 is 5.32 Å². The summed E-state index contributed by atoms with van der Waals surface area (Å²) in [7, 11) is 0. The van der Waals surface area contributed by atoms with Gasteiger partial charge in [-0.2, -0.15) is 0 Å². The van der Waals surface area contributed by atoms with Crippen molar-refractivity contribution < 1.29 is 14.3 Å². The Morgan fingerprint density at radius 3 is 2.88 bits per heavy atom. The molecule has 0 saturated carbocycles. The van der Waals surface area contributed by atoms with Gasteiger partial charge >= 0.3 is 5.97 Å². The smallest absolute Gasteiger partial charge is 0.331 e. The Balaban J connectivity index is 2.66. The minimum atomic E-state index is -0.947. The van der Waals surface area contributed by atoms with E-state index >= 15 is 0 Å². The van der Waals surface area contributed by atoms with Crippen molar-refractivity contribution in [3.05, 3.63) is 41.2 Å². The van der Waals surface area contributed by atoms with Crippen LogP contribution in [-0.2, 0) is 4.79 Å². The predicted molar refractivity (Wildman–Crippen MR) is 61.0 cm³/mol. The lowest BCUT2D eigenvalue weighted by atomic mass is 10.2. The third-order valence-electron chi connectivity index (χ3n) is 2.31. The van der Waals surface area contributed by atoms with Crippen molar-refractivity contribution in [3.8, 4) is 0 Å². The molecule has 0 aromatic heterocycles. The number of aliphatic carboxylic acids is 1. The lowest BCUT2D eigenvalue weighted by Crippen LogP contribution is -2.04. The van der Waals surface area contributed by atoms with Crippen LogP contribution in [0.25, 0.3) is 0 Å². The molecule has 1 aromatic rings. The van der Waals surface area contributed by atoms with E-state index in [1.807, 2.05) is 0 Å². The summed E-state index contributed by atoms with van der Waals surface area (Å²) in [4.78, 5) is 10.5.